The van der Waals surface area contributed by atoms with Crippen LogP contribution in [-0.2, 0) is 9.84 Å². The molecule has 1 aromatic carbocycles. The van der Waals surface area contributed by atoms with Gasteiger partial charge in [0.15, 0.2) is 9.84 Å². The van der Waals surface area contributed by atoms with Gasteiger partial charge in [-0.05, 0) is 31.4 Å². The lowest BCUT2D eigenvalue weighted by Gasteiger charge is -2.14. The molecule has 0 amide bonds. The van der Waals surface area contributed by atoms with Gasteiger partial charge in [0, 0.05) is 17.8 Å². The van der Waals surface area contributed by atoms with Crippen molar-refractivity contribution in [2.45, 2.75) is 26.3 Å². The van der Waals surface area contributed by atoms with Crippen molar-refractivity contribution in [3.05, 3.63) is 41.7 Å². The highest BCUT2D eigenvalue weighted by Crippen LogP contribution is 2.24. The Labute approximate surface area is 136 Å². The second-order valence-electron chi connectivity index (χ2n) is 5.92. The molecule has 6 nitrogen and oxygen atoms in total. The van der Waals surface area contributed by atoms with E-state index in [0.29, 0.717) is 18.1 Å². The van der Waals surface area contributed by atoms with E-state index in [0.717, 1.165) is 16.8 Å². The maximum atomic E-state index is 11.5. The molecule has 0 radical (unpaired) electrons. The van der Waals surface area contributed by atoms with Crippen LogP contribution in [0.2, 0.25) is 0 Å². The number of aryl methyl sites for hydroxylation is 2. The highest BCUT2D eigenvalue weighted by molar-refractivity contribution is 7.91. The number of anilines is 3. The third-order valence-electron chi connectivity index (χ3n) is 3.99. The molecule has 122 valence electrons. The van der Waals surface area contributed by atoms with Crippen molar-refractivity contribution in [1.29, 1.82) is 0 Å². The molecule has 0 bridgehead atoms. The first-order valence-electron chi connectivity index (χ1n) is 7.55. The Morgan fingerprint density at radius 1 is 1.13 bits per heavy atom. The molecule has 0 aliphatic carbocycles. The third kappa shape index (κ3) is 3.79. The van der Waals surface area contributed by atoms with E-state index in [-0.39, 0.29) is 17.5 Å². The largest absolute Gasteiger partial charge is 0.366 e. The summed E-state index contributed by atoms with van der Waals surface area (Å²) in [6.07, 6.45) is 2.09. The van der Waals surface area contributed by atoms with Crippen LogP contribution in [0.25, 0.3) is 0 Å². The van der Waals surface area contributed by atoms with E-state index in [2.05, 4.69) is 20.6 Å². The van der Waals surface area contributed by atoms with Crippen molar-refractivity contribution >= 4 is 27.2 Å². The molecule has 3 rings (SSSR count). The van der Waals surface area contributed by atoms with E-state index >= 15 is 0 Å². The quantitative estimate of drug-likeness (QED) is 0.894. The second kappa shape index (κ2) is 6.16. The number of para-hydroxylation sites is 1. The van der Waals surface area contributed by atoms with Crippen LogP contribution in [0.5, 0.6) is 0 Å². The van der Waals surface area contributed by atoms with Gasteiger partial charge >= 0.3 is 0 Å². The molecule has 0 spiro atoms. The zero-order chi connectivity index (χ0) is 16.4. The van der Waals surface area contributed by atoms with Gasteiger partial charge < -0.3 is 10.6 Å². The molecular weight excluding hydrogens is 312 g/mol. The Hall–Kier alpha value is -2.15. The van der Waals surface area contributed by atoms with Crippen LogP contribution >= 0.6 is 0 Å². The first-order chi connectivity index (χ1) is 10.9. The van der Waals surface area contributed by atoms with Gasteiger partial charge in [0.2, 0.25) is 0 Å². The average Bonchev–Trinajstić information content (AvgIpc) is 2.82. The molecule has 2 aromatic rings. The molecule has 2 heterocycles. The fourth-order valence-electron chi connectivity index (χ4n) is 2.76. The lowest BCUT2D eigenvalue weighted by molar-refractivity contribution is 0.602. The maximum absolute atomic E-state index is 11.5. The predicted molar refractivity (Wildman–Crippen MR) is 91.9 cm³/mol. The molecular formula is C16H20N4O2S. The van der Waals surface area contributed by atoms with Gasteiger partial charge in [-0.25, -0.2) is 18.4 Å². The van der Waals surface area contributed by atoms with Crippen molar-refractivity contribution < 1.29 is 8.42 Å². The summed E-state index contributed by atoms with van der Waals surface area (Å²) in [4.78, 5) is 8.42. The number of sulfone groups is 1. The highest BCUT2D eigenvalue weighted by Gasteiger charge is 2.27. The minimum Gasteiger partial charge on any atom is -0.366 e. The van der Waals surface area contributed by atoms with Crippen molar-refractivity contribution in [1.82, 2.24) is 9.97 Å². The molecule has 1 aliphatic heterocycles. The Balaban J connectivity index is 1.75. The smallest absolute Gasteiger partial charge is 0.152 e. The SMILES string of the molecule is Cc1cccc(C)c1Nc1cc(NC2CCS(=O)(=O)C2)ncn1. The van der Waals surface area contributed by atoms with Crippen LogP contribution in [0.1, 0.15) is 17.5 Å². The molecule has 1 saturated heterocycles. The molecule has 1 aliphatic rings. The number of hydrogen-bond acceptors (Lipinski definition) is 6. The van der Waals surface area contributed by atoms with Crippen molar-refractivity contribution in [3.63, 3.8) is 0 Å². The minimum absolute atomic E-state index is 0.0806. The lowest BCUT2D eigenvalue weighted by Crippen LogP contribution is -2.21. The lowest BCUT2D eigenvalue weighted by atomic mass is 10.1. The summed E-state index contributed by atoms with van der Waals surface area (Å²) in [7, 11) is -2.91. The third-order valence-corrected chi connectivity index (χ3v) is 5.75. The molecule has 7 heteroatoms. The van der Waals surface area contributed by atoms with Crippen molar-refractivity contribution in [2.75, 3.05) is 22.1 Å². The van der Waals surface area contributed by atoms with Gasteiger partial charge in [-0.1, -0.05) is 18.2 Å². The molecule has 1 fully saturated rings. The summed E-state index contributed by atoms with van der Waals surface area (Å²) in [6.45, 7) is 4.08. The van der Waals surface area contributed by atoms with E-state index in [4.69, 9.17) is 0 Å². The summed E-state index contributed by atoms with van der Waals surface area (Å²) in [6, 6.07) is 7.82. The first kappa shape index (κ1) is 15.7. The van der Waals surface area contributed by atoms with Gasteiger partial charge in [0.25, 0.3) is 0 Å². The highest BCUT2D eigenvalue weighted by atomic mass is 32.2. The predicted octanol–water partition coefficient (Wildman–Crippen LogP) is 2.44. The van der Waals surface area contributed by atoms with Crippen molar-refractivity contribution in [3.8, 4) is 0 Å². The van der Waals surface area contributed by atoms with E-state index in [1.54, 1.807) is 6.07 Å². The van der Waals surface area contributed by atoms with E-state index in [9.17, 15) is 8.42 Å². The Morgan fingerprint density at radius 3 is 2.48 bits per heavy atom. The molecule has 0 saturated carbocycles. The van der Waals surface area contributed by atoms with Crippen LogP contribution in [0, 0.1) is 13.8 Å². The van der Waals surface area contributed by atoms with E-state index < -0.39 is 9.84 Å². The van der Waals surface area contributed by atoms with Gasteiger partial charge in [-0.3, -0.25) is 0 Å². The fourth-order valence-corrected chi connectivity index (χ4v) is 4.44. The Kier molecular flexibility index (Phi) is 4.21. The standard InChI is InChI=1S/C16H20N4O2S/c1-11-4-3-5-12(2)16(11)20-15-8-14(17-10-18-15)19-13-6-7-23(21,22)9-13/h3-5,8,10,13H,6-7,9H2,1-2H3,(H2,17,18,19,20). The summed E-state index contributed by atoms with van der Waals surface area (Å²) in [5.74, 6) is 1.72. The van der Waals surface area contributed by atoms with Crippen LogP contribution in [0.4, 0.5) is 17.3 Å². The van der Waals surface area contributed by atoms with Gasteiger partial charge in [0.1, 0.15) is 18.0 Å². The van der Waals surface area contributed by atoms with Gasteiger partial charge in [-0.2, -0.15) is 0 Å². The molecule has 2 N–H and O–H groups in total. The zero-order valence-electron chi connectivity index (χ0n) is 13.2. The number of benzene rings is 1. The van der Waals surface area contributed by atoms with Crippen LogP contribution < -0.4 is 10.6 Å². The zero-order valence-corrected chi connectivity index (χ0v) is 14.0. The number of hydrogen-bond donors (Lipinski definition) is 2. The number of nitrogens with zero attached hydrogens (tertiary/aromatic N) is 2. The molecule has 1 aromatic heterocycles. The Morgan fingerprint density at radius 2 is 1.83 bits per heavy atom. The molecule has 1 unspecified atom stereocenters. The minimum atomic E-state index is -2.91. The van der Waals surface area contributed by atoms with Gasteiger partial charge in [-0.15, -0.1) is 0 Å². The number of nitrogens with one attached hydrogen (secondary N) is 2. The summed E-state index contributed by atoms with van der Waals surface area (Å²) < 4.78 is 23.1. The fraction of sp³-hybridized carbons (Fsp3) is 0.375. The van der Waals surface area contributed by atoms with E-state index in [1.165, 1.54) is 6.33 Å². The first-order valence-corrected chi connectivity index (χ1v) is 9.37. The number of rotatable bonds is 4. The summed E-state index contributed by atoms with van der Waals surface area (Å²) in [5.41, 5.74) is 3.31. The van der Waals surface area contributed by atoms with Crippen molar-refractivity contribution in [2.24, 2.45) is 0 Å². The summed E-state index contributed by atoms with van der Waals surface area (Å²) >= 11 is 0. The average molecular weight is 332 g/mol. The normalized spacial score (nSPS) is 19.5. The molecule has 1 atom stereocenters. The van der Waals surface area contributed by atoms with E-state index in [1.807, 2.05) is 32.0 Å². The number of aromatic nitrogens is 2. The second-order valence-corrected chi connectivity index (χ2v) is 8.15. The summed E-state index contributed by atoms with van der Waals surface area (Å²) in [5, 5.41) is 6.49. The topological polar surface area (TPSA) is 84.0 Å². The molecule has 23 heavy (non-hydrogen) atoms. The van der Waals surface area contributed by atoms with Crippen LogP contribution in [0.15, 0.2) is 30.6 Å². The van der Waals surface area contributed by atoms with Crippen LogP contribution in [-0.4, -0.2) is 35.9 Å². The Bertz CT molecular complexity index is 800. The monoisotopic (exact) mass is 332 g/mol. The van der Waals surface area contributed by atoms with Crippen LogP contribution in [0.3, 0.4) is 0 Å². The van der Waals surface area contributed by atoms with Gasteiger partial charge in [0.05, 0.1) is 11.5 Å². The maximum Gasteiger partial charge on any atom is 0.152 e.